The predicted octanol–water partition coefficient (Wildman–Crippen LogP) is 1.06. The Labute approximate surface area is 86.3 Å². The standard InChI is InChI=1S/C10H10N4O/c11-8-6-14(10(12)15)13-9(8)7-4-2-1-3-5-7/h1-6H,11H2,(H2,12,15). The van der Waals surface area contributed by atoms with Gasteiger partial charge in [-0.05, 0) is 0 Å². The van der Waals surface area contributed by atoms with Crippen LogP contribution in [0.4, 0.5) is 10.5 Å². The van der Waals surface area contributed by atoms with Crippen LogP contribution < -0.4 is 11.5 Å². The van der Waals surface area contributed by atoms with Crippen molar-refractivity contribution in [1.29, 1.82) is 0 Å². The van der Waals surface area contributed by atoms with Crippen LogP contribution in [-0.2, 0) is 0 Å². The molecule has 2 aromatic rings. The number of primary amides is 1. The fraction of sp³-hybridized carbons (Fsp3) is 0. The summed E-state index contributed by atoms with van der Waals surface area (Å²) in [4.78, 5) is 10.9. The van der Waals surface area contributed by atoms with E-state index < -0.39 is 6.03 Å². The number of nitrogens with zero attached hydrogens (tertiary/aromatic N) is 2. The summed E-state index contributed by atoms with van der Waals surface area (Å²) in [5.41, 5.74) is 12.7. The Balaban J connectivity index is 2.50. The predicted molar refractivity (Wildman–Crippen MR) is 57.1 cm³/mol. The molecule has 1 aromatic carbocycles. The number of benzene rings is 1. The highest BCUT2D eigenvalue weighted by molar-refractivity contribution is 5.79. The summed E-state index contributed by atoms with van der Waals surface area (Å²) >= 11 is 0. The lowest BCUT2D eigenvalue weighted by Crippen LogP contribution is -2.19. The number of carbonyl (C=O) groups is 1. The van der Waals surface area contributed by atoms with Crippen molar-refractivity contribution in [1.82, 2.24) is 9.78 Å². The minimum absolute atomic E-state index is 0.431. The Morgan fingerprint density at radius 3 is 2.47 bits per heavy atom. The summed E-state index contributed by atoms with van der Waals surface area (Å²) in [6, 6.07) is 8.72. The molecular formula is C10H10N4O. The fourth-order valence-corrected chi connectivity index (χ4v) is 1.32. The van der Waals surface area contributed by atoms with Crippen molar-refractivity contribution in [2.75, 3.05) is 5.73 Å². The van der Waals surface area contributed by atoms with Gasteiger partial charge in [0.25, 0.3) is 0 Å². The molecule has 15 heavy (non-hydrogen) atoms. The Hall–Kier alpha value is -2.30. The molecule has 0 aliphatic rings. The van der Waals surface area contributed by atoms with E-state index in [0.717, 1.165) is 10.2 Å². The number of anilines is 1. The van der Waals surface area contributed by atoms with Crippen molar-refractivity contribution in [2.45, 2.75) is 0 Å². The van der Waals surface area contributed by atoms with E-state index in [4.69, 9.17) is 11.5 Å². The van der Waals surface area contributed by atoms with E-state index in [-0.39, 0.29) is 0 Å². The highest BCUT2D eigenvalue weighted by Gasteiger charge is 2.09. The van der Waals surface area contributed by atoms with Gasteiger partial charge in [0.1, 0.15) is 5.69 Å². The van der Waals surface area contributed by atoms with Crippen LogP contribution in [0.3, 0.4) is 0 Å². The largest absolute Gasteiger partial charge is 0.396 e. The van der Waals surface area contributed by atoms with E-state index in [1.807, 2.05) is 30.3 Å². The van der Waals surface area contributed by atoms with Gasteiger partial charge >= 0.3 is 6.03 Å². The molecule has 5 heteroatoms. The SMILES string of the molecule is NC(=O)n1cc(N)c(-c2ccccc2)n1. The Kier molecular flexibility index (Phi) is 2.13. The first-order valence-electron chi connectivity index (χ1n) is 4.39. The molecule has 0 bridgehead atoms. The molecule has 0 aliphatic heterocycles. The molecule has 0 spiro atoms. The lowest BCUT2D eigenvalue weighted by atomic mass is 10.1. The smallest absolute Gasteiger partial charge is 0.339 e. The van der Waals surface area contributed by atoms with E-state index in [0.29, 0.717) is 11.4 Å². The minimum Gasteiger partial charge on any atom is -0.396 e. The van der Waals surface area contributed by atoms with Crippen molar-refractivity contribution >= 4 is 11.7 Å². The second-order valence-corrected chi connectivity index (χ2v) is 3.08. The second-order valence-electron chi connectivity index (χ2n) is 3.08. The molecule has 0 saturated carbocycles. The molecule has 0 radical (unpaired) electrons. The van der Waals surface area contributed by atoms with Gasteiger partial charge in [-0.15, -0.1) is 0 Å². The molecular weight excluding hydrogens is 192 g/mol. The van der Waals surface area contributed by atoms with Crippen LogP contribution in [0, 0.1) is 0 Å². The number of aromatic nitrogens is 2. The topological polar surface area (TPSA) is 86.9 Å². The fourth-order valence-electron chi connectivity index (χ4n) is 1.32. The number of nitrogens with two attached hydrogens (primary N) is 2. The second kappa shape index (κ2) is 3.45. The van der Waals surface area contributed by atoms with Gasteiger partial charge in [0, 0.05) is 5.56 Å². The number of hydrogen-bond donors (Lipinski definition) is 2. The number of nitrogen functional groups attached to an aromatic ring is 1. The molecule has 0 aliphatic carbocycles. The van der Waals surface area contributed by atoms with Gasteiger partial charge in [-0.3, -0.25) is 0 Å². The molecule has 1 aromatic heterocycles. The normalized spacial score (nSPS) is 10.1. The Morgan fingerprint density at radius 2 is 1.93 bits per heavy atom. The van der Waals surface area contributed by atoms with E-state index in [9.17, 15) is 4.79 Å². The molecule has 2 rings (SSSR count). The first-order valence-corrected chi connectivity index (χ1v) is 4.39. The Morgan fingerprint density at radius 1 is 1.27 bits per heavy atom. The zero-order valence-corrected chi connectivity index (χ0v) is 7.92. The summed E-state index contributed by atoms with van der Waals surface area (Å²) in [5, 5.41) is 4.00. The lowest BCUT2D eigenvalue weighted by Gasteiger charge is -1.96. The molecule has 0 saturated heterocycles. The zero-order chi connectivity index (χ0) is 10.8. The average molecular weight is 202 g/mol. The number of carbonyl (C=O) groups excluding carboxylic acids is 1. The summed E-state index contributed by atoms with van der Waals surface area (Å²) < 4.78 is 1.03. The van der Waals surface area contributed by atoms with E-state index in [2.05, 4.69) is 5.10 Å². The maximum Gasteiger partial charge on any atom is 0.339 e. The van der Waals surface area contributed by atoms with Crippen molar-refractivity contribution in [3.63, 3.8) is 0 Å². The molecule has 0 fully saturated rings. The van der Waals surface area contributed by atoms with E-state index in [1.165, 1.54) is 6.20 Å². The van der Waals surface area contributed by atoms with Gasteiger partial charge in [-0.2, -0.15) is 9.78 Å². The summed E-state index contributed by atoms with van der Waals surface area (Å²) in [7, 11) is 0. The number of rotatable bonds is 1. The van der Waals surface area contributed by atoms with Gasteiger partial charge in [0.15, 0.2) is 0 Å². The summed E-state index contributed by atoms with van der Waals surface area (Å²) in [5.74, 6) is 0. The highest BCUT2D eigenvalue weighted by Crippen LogP contribution is 2.22. The zero-order valence-electron chi connectivity index (χ0n) is 7.92. The minimum atomic E-state index is -0.649. The molecule has 1 heterocycles. The van der Waals surface area contributed by atoms with Gasteiger partial charge in [0.05, 0.1) is 11.9 Å². The third kappa shape index (κ3) is 1.67. The van der Waals surface area contributed by atoms with Crippen LogP contribution >= 0.6 is 0 Å². The van der Waals surface area contributed by atoms with Crippen LogP contribution in [-0.4, -0.2) is 15.8 Å². The Bertz CT molecular complexity index is 489. The van der Waals surface area contributed by atoms with Gasteiger partial charge in [-0.1, -0.05) is 30.3 Å². The molecule has 4 N–H and O–H groups in total. The van der Waals surface area contributed by atoms with Crippen molar-refractivity contribution in [2.24, 2.45) is 5.73 Å². The summed E-state index contributed by atoms with van der Waals surface area (Å²) in [6.07, 6.45) is 1.41. The maximum atomic E-state index is 10.9. The van der Waals surface area contributed by atoms with Crippen molar-refractivity contribution < 1.29 is 4.79 Å². The monoisotopic (exact) mass is 202 g/mol. The first kappa shape index (κ1) is 9.26. The number of hydrogen-bond acceptors (Lipinski definition) is 3. The van der Waals surface area contributed by atoms with Gasteiger partial charge < -0.3 is 11.5 Å². The maximum absolute atomic E-state index is 10.9. The average Bonchev–Trinajstić information content (AvgIpc) is 2.62. The molecule has 0 atom stereocenters. The third-order valence-electron chi connectivity index (χ3n) is 2.02. The van der Waals surface area contributed by atoms with Crippen molar-refractivity contribution in [3.8, 4) is 11.3 Å². The summed E-state index contributed by atoms with van der Waals surface area (Å²) in [6.45, 7) is 0. The van der Waals surface area contributed by atoms with E-state index in [1.54, 1.807) is 0 Å². The van der Waals surface area contributed by atoms with Crippen LogP contribution in [0.15, 0.2) is 36.5 Å². The quantitative estimate of drug-likeness (QED) is 0.724. The molecule has 1 amide bonds. The van der Waals surface area contributed by atoms with Gasteiger partial charge in [-0.25, -0.2) is 4.79 Å². The number of amides is 1. The van der Waals surface area contributed by atoms with Crippen LogP contribution in [0.5, 0.6) is 0 Å². The van der Waals surface area contributed by atoms with E-state index >= 15 is 0 Å². The molecule has 76 valence electrons. The lowest BCUT2D eigenvalue weighted by molar-refractivity contribution is 0.248. The van der Waals surface area contributed by atoms with Crippen molar-refractivity contribution in [3.05, 3.63) is 36.5 Å². The van der Waals surface area contributed by atoms with Gasteiger partial charge in [0.2, 0.25) is 0 Å². The first-order chi connectivity index (χ1) is 7.18. The third-order valence-corrected chi connectivity index (χ3v) is 2.02. The van der Waals surface area contributed by atoms with Crippen LogP contribution in [0.1, 0.15) is 0 Å². The molecule has 0 unspecified atom stereocenters. The van der Waals surface area contributed by atoms with Crippen LogP contribution in [0.25, 0.3) is 11.3 Å². The molecule has 5 nitrogen and oxygen atoms in total. The van der Waals surface area contributed by atoms with Crippen LogP contribution in [0.2, 0.25) is 0 Å². The highest BCUT2D eigenvalue weighted by atomic mass is 16.2.